The predicted molar refractivity (Wildman–Crippen MR) is 75.5 cm³/mol. The monoisotopic (exact) mass is 265 g/mol. The first kappa shape index (κ1) is 15.5. The third-order valence-corrected chi connectivity index (χ3v) is 2.97. The zero-order valence-corrected chi connectivity index (χ0v) is 11.8. The van der Waals surface area contributed by atoms with E-state index in [9.17, 15) is 4.79 Å². The summed E-state index contributed by atoms with van der Waals surface area (Å²) in [4.78, 5) is 11.1. The average Bonchev–Trinajstić information content (AvgIpc) is 2.39. The molecule has 1 aromatic carbocycles. The van der Waals surface area contributed by atoms with Gasteiger partial charge >= 0.3 is 5.97 Å². The van der Waals surface area contributed by atoms with Crippen LogP contribution in [0.3, 0.4) is 0 Å². The van der Waals surface area contributed by atoms with Crippen molar-refractivity contribution in [1.29, 1.82) is 0 Å². The lowest BCUT2D eigenvalue weighted by Gasteiger charge is -2.17. The van der Waals surface area contributed by atoms with Gasteiger partial charge < -0.3 is 15.2 Å². The van der Waals surface area contributed by atoms with E-state index in [0.29, 0.717) is 12.2 Å². The van der Waals surface area contributed by atoms with E-state index < -0.39 is 12.1 Å². The van der Waals surface area contributed by atoms with Crippen LogP contribution in [0.4, 0.5) is 0 Å². The summed E-state index contributed by atoms with van der Waals surface area (Å²) in [5, 5.41) is 12.4. The quantitative estimate of drug-likeness (QED) is 0.758. The van der Waals surface area contributed by atoms with Crippen molar-refractivity contribution < 1.29 is 14.6 Å². The van der Waals surface area contributed by atoms with Crippen molar-refractivity contribution in [3.05, 3.63) is 29.8 Å². The maximum absolute atomic E-state index is 11.1. The molecule has 0 amide bonds. The number of ether oxygens (including phenoxy) is 1. The largest absolute Gasteiger partial charge is 0.479 e. The molecule has 0 fully saturated rings. The number of rotatable bonds is 8. The number of nitrogens with one attached hydrogen (secondary N) is 1. The van der Waals surface area contributed by atoms with Gasteiger partial charge in [-0.05, 0) is 37.6 Å². The van der Waals surface area contributed by atoms with Crippen LogP contribution in [-0.2, 0) is 4.79 Å². The lowest BCUT2D eigenvalue weighted by molar-refractivity contribution is -0.145. The van der Waals surface area contributed by atoms with Crippen LogP contribution in [0.2, 0.25) is 0 Å². The third-order valence-electron chi connectivity index (χ3n) is 2.97. The van der Waals surface area contributed by atoms with Crippen LogP contribution in [0.1, 0.15) is 45.2 Å². The van der Waals surface area contributed by atoms with Gasteiger partial charge in [0.1, 0.15) is 5.75 Å². The Labute approximate surface area is 114 Å². The average molecular weight is 265 g/mol. The molecule has 0 heterocycles. The summed E-state index contributed by atoms with van der Waals surface area (Å²) in [7, 11) is 0. The van der Waals surface area contributed by atoms with Gasteiger partial charge in [0.2, 0.25) is 0 Å². The minimum Gasteiger partial charge on any atom is -0.479 e. The van der Waals surface area contributed by atoms with E-state index in [0.717, 1.165) is 18.5 Å². The molecule has 1 aromatic rings. The van der Waals surface area contributed by atoms with Gasteiger partial charge in [-0.1, -0.05) is 32.4 Å². The Bertz CT molecular complexity index is 406. The number of carboxylic acid groups (broad SMARTS) is 1. The first-order valence-electron chi connectivity index (χ1n) is 6.81. The molecule has 0 saturated carbocycles. The van der Waals surface area contributed by atoms with E-state index in [2.05, 4.69) is 19.2 Å². The van der Waals surface area contributed by atoms with Gasteiger partial charge in [0.25, 0.3) is 0 Å². The standard InChI is InChI=1S/C15H23NO3/c1-4-7-14(15(17)18)19-13-9-6-8-12(10-13)11(3)16-5-2/h6,8-11,14,16H,4-5,7H2,1-3H3,(H,17,18). The highest BCUT2D eigenvalue weighted by Gasteiger charge is 2.18. The van der Waals surface area contributed by atoms with Crippen molar-refractivity contribution in [2.45, 2.75) is 45.8 Å². The van der Waals surface area contributed by atoms with Gasteiger partial charge in [0.15, 0.2) is 6.10 Å². The normalized spacial score (nSPS) is 13.8. The minimum atomic E-state index is -0.910. The van der Waals surface area contributed by atoms with Crippen LogP contribution in [0.5, 0.6) is 5.75 Å². The van der Waals surface area contributed by atoms with Gasteiger partial charge in [-0.15, -0.1) is 0 Å². The molecule has 2 N–H and O–H groups in total. The van der Waals surface area contributed by atoms with Crippen molar-refractivity contribution in [1.82, 2.24) is 5.32 Å². The number of hydrogen-bond acceptors (Lipinski definition) is 3. The topological polar surface area (TPSA) is 58.6 Å². The highest BCUT2D eigenvalue weighted by molar-refractivity contribution is 5.72. The number of carboxylic acids is 1. The molecule has 2 unspecified atom stereocenters. The lowest BCUT2D eigenvalue weighted by atomic mass is 10.1. The zero-order valence-electron chi connectivity index (χ0n) is 11.8. The Morgan fingerprint density at radius 2 is 2.16 bits per heavy atom. The van der Waals surface area contributed by atoms with E-state index in [1.807, 2.05) is 25.1 Å². The molecule has 0 aliphatic rings. The Hall–Kier alpha value is -1.55. The van der Waals surface area contributed by atoms with Gasteiger partial charge in [0.05, 0.1) is 0 Å². The highest BCUT2D eigenvalue weighted by Crippen LogP contribution is 2.21. The Balaban J connectivity index is 2.78. The molecule has 0 spiro atoms. The van der Waals surface area contributed by atoms with Gasteiger partial charge in [-0.2, -0.15) is 0 Å². The SMILES string of the molecule is CCCC(Oc1cccc(C(C)NCC)c1)C(=O)O. The number of benzene rings is 1. The summed E-state index contributed by atoms with van der Waals surface area (Å²) in [6.07, 6.45) is 0.530. The smallest absolute Gasteiger partial charge is 0.344 e. The fourth-order valence-corrected chi connectivity index (χ4v) is 1.94. The molecule has 0 aliphatic carbocycles. The Kier molecular flexibility index (Phi) is 6.36. The molecule has 2 atom stereocenters. The summed E-state index contributed by atoms with van der Waals surface area (Å²) in [6, 6.07) is 7.83. The zero-order chi connectivity index (χ0) is 14.3. The molecular formula is C15H23NO3. The van der Waals surface area contributed by atoms with Crippen molar-refractivity contribution in [3.8, 4) is 5.75 Å². The molecule has 0 aromatic heterocycles. The lowest BCUT2D eigenvalue weighted by Crippen LogP contribution is -2.26. The van der Waals surface area contributed by atoms with Crippen LogP contribution in [0.15, 0.2) is 24.3 Å². The second-order valence-electron chi connectivity index (χ2n) is 4.59. The Morgan fingerprint density at radius 3 is 2.74 bits per heavy atom. The van der Waals surface area contributed by atoms with Crippen molar-refractivity contribution >= 4 is 5.97 Å². The van der Waals surface area contributed by atoms with E-state index in [4.69, 9.17) is 9.84 Å². The maximum Gasteiger partial charge on any atom is 0.344 e. The van der Waals surface area contributed by atoms with Crippen LogP contribution >= 0.6 is 0 Å². The number of hydrogen-bond donors (Lipinski definition) is 2. The van der Waals surface area contributed by atoms with Crippen LogP contribution < -0.4 is 10.1 Å². The van der Waals surface area contributed by atoms with Crippen LogP contribution in [0, 0.1) is 0 Å². The molecule has 0 aliphatic heterocycles. The third kappa shape index (κ3) is 4.91. The fourth-order valence-electron chi connectivity index (χ4n) is 1.94. The van der Waals surface area contributed by atoms with Crippen molar-refractivity contribution in [2.24, 2.45) is 0 Å². The molecule has 106 valence electrons. The molecule has 19 heavy (non-hydrogen) atoms. The summed E-state index contributed by atoms with van der Waals surface area (Å²) in [5.41, 5.74) is 1.10. The van der Waals surface area contributed by atoms with Gasteiger partial charge in [-0.25, -0.2) is 4.79 Å². The molecule has 4 nitrogen and oxygen atoms in total. The molecule has 1 rings (SSSR count). The van der Waals surface area contributed by atoms with E-state index in [-0.39, 0.29) is 6.04 Å². The molecule has 0 radical (unpaired) electrons. The summed E-state index contributed by atoms with van der Waals surface area (Å²) in [5.74, 6) is -0.296. The van der Waals surface area contributed by atoms with E-state index in [1.165, 1.54) is 0 Å². The van der Waals surface area contributed by atoms with Gasteiger partial charge in [0, 0.05) is 6.04 Å². The second-order valence-corrected chi connectivity index (χ2v) is 4.59. The number of aliphatic carboxylic acids is 1. The van der Waals surface area contributed by atoms with Crippen LogP contribution in [-0.4, -0.2) is 23.7 Å². The molecule has 0 bridgehead atoms. The van der Waals surface area contributed by atoms with E-state index in [1.54, 1.807) is 6.07 Å². The predicted octanol–water partition coefficient (Wildman–Crippen LogP) is 2.99. The summed E-state index contributed by atoms with van der Waals surface area (Å²) < 4.78 is 5.56. The molecular weight excluding hydrogens is 242 g/mol. The van der Waals surface area contributed by atoms with Crippen LogP contribution in [0.25, 0.3) is 0 Å². The first-order chi connectivity index (χ1) is 9.08. The fraction of sp³-hybridized carbons (Fsp3) is 0.533. The Morgan fingerprint density at radius 1 is 1.42 bits per heavy atom. The van der Waals surface area contributed by atoms with Gasteiger partial charge in [-0.3, -0.25) is 0 Å². The first-order valence-corrected chi connectivity index (χ1v) is 6.81. The van der Waals surface area contributed by atoms with E-state index >= 15 is 0 Å². The van der Waals surface area contributed by atoms with Crippen molar-refractivity contribution in [3.63, 3.8) is 0 Å². The summed E-state index contributed by atoms with van der Waals surface area (Å²) >= 11 is 0. The maximum atomic E-state index is 11.1. The molecule has 0 saturated heterocycles. The minimum absolute atomic E-state index is 0.225. The molecule has 4 heteroatoms. The summed E-state index contributed by atoms with van der Waals surface area (Å²) in [6.45, 7) is 6.96. The highest BCUT2D eigenvalue weighted by atomic mass is 16.5. The number of carbonyl (C=O) groups is 1. The second kappa shape index (κ2) is 7.79. The van der Waals surface area contributed by atoms with Crippen molar-refractivity contribution in [2.75, 3.05) is 6.54 Å².